The van der Waals surface area contributed by atoms with E-state index >= 15 is 0 Å². The van der Waals surface area contributed by atoms with Crippen molar-refractivity contribution in [1.82, 2.24) is 14.0 Å². The summed E-state index contributed by atoms with van der Waals surface area (Å²) >= 11 is 0. The molecule has 3 aliphatic rings. The van der Waals surface area contributed by atoms with Gasteiger partial charge in [0.05, 0.1) is 49.0 Å². The van der Waals surface area contributed by atoms with Gasteiger partial charge in [-0.3, -0.25) is 14.5 Å². The lowest BCUT2D eigenvalue weighted by molar-refractivity contribution is -0.165. The molecule has 4 heterocycles. The van der Waals surface area contributed by atoms with Crippen molar-refractivity contribution in [3.8, 4) is 5.75 Å². The zero-order valence-electron chi connectivity index (χ0n) is 24.0. The summed E-state index contributed by atoms with van der Waals surface area (Å²) in [6.07, 6.45) is 0.650. The van der Waals surface area contributed by atoms with Gasteiger partial charge in [0.1, 0.15) is 5.75 Å². The van der Waals surface area contributed by atoms with E-state index in [0.29, 0.717) is 28.7 Å². The molecule has 2 unspecified atom stereocenters. The van der Waals surface area contributed by atoms with Crippen LogP contribution >= 0.6 is 0 Å². The Kier molecular flexibility index (Phi) is 4.89. The number of fused-ring (bicyclic) bond motifs is 13. The lowest BCUT2D eigenvalue weighted by Gasteiger charge is -2.30. The van der Waals surface area contributed by atoms with Crippen molar-refractivity contribution in [2.24, 2.45) is 0 Å². The van der Waals surface area contributed by atoms with Gasteiger partial charge in [0.25, 0.3) is 11.8 Å². The molecule has 9 heteroatoms. The average Bonchev–Trinajstić information content (AvgIpc) is 3.72. The van der Waals surface area contributed by atoms with Crippen LogP contribution < -0.4 is 4.74 Å². The summed E-state index contributed by atoms with van der Waals surface area (Å²) in [5.74, 6) is -0.677. The lowest BCUT2D eigenvalue weighted by Crippen LogP contribution is -2.44. The number of carbonyl (C=O) groups excluding carboxylic acids is 3. The maximum absolute atomic E-state index is 14.5. The van der Waals surface area contributed by atoms with Crippen LogP contribution in [-0.2, 0) is 16.1 Å². The molecular formula is C35H27N3O6. The van der Waals surface area contributed by atoms with Gasteiger partial charge in [0.2, 0.25) is 0 Å². The number of imide groups is 1. The number of aliphatic hydroxyl groups is 1. The summed E-state index contributed by atoms with van der Waals surface area (Å²) < 4.78 is 14.7. The number of methoxy groups -OCH3 is 2. The summed E-state index contributed by atoms with van der Waals surface area (Å²) in [7, 11) is 2.89. The van der Waals surface area contributed by atoms with Crippen molar-refractivity contribution >= 4 is 61.4 Å². The molecule has 1 aliphatic carbocycles. The predicted molar refractivity (Wildman–Crippen MR) is 164 cm³/mol. The van der Waals surface area contributed by atoms with Crippen LogP contribution in [0.3, 0.4) is 0 Å². The van der Waals surface area contributed by atoms with Crippen LogP contribution in [0.15, 0.2) is 72.8 Å². The van der Waals surface area contributed by atoms with Gasteiger partial charge >= 0.3 is 5.97 Å². The van der Waals surface area contributed by atoms with Crippen molar-refractivity contribution in [3.63, 3.8) is 0 Å². The first-order valence-corrected chi connectivity index (χ1v) is 14.7. The van der Waals surface area contributed by atoms with E-state index in [1.165, 1.54) is 12.0 Å². The molecule has 218 valence electrons. The van der Waals surface area contributed by atoms with Gasteiger partial charge in [0, 0.05) is 45.0 Å². The van der Waals surface area contributed by atoms with Gasteiger partial charge in [0.15, 0.2) is 5.60 Å². The molecule has 9 rings (SSSR count). The number of hydrogen-bond donors (Lipinski definition) is 1. The highest BCUT2D eigenvalue weighted by Crippen LogP contribution is 2.57. The van der Waals surface area contributed by atoms with E-state index in [-0.39, 0.29) is 30.8 Å². The second kappa shape index (κ2) is 8.48. The minimum Gasteiger partial charge on any atom is -0.497 e. The molecular weight excluding hydrogens is 558 g/mol. The van der Waals surface area contributed by atoms with E-state index in [4.69, 9.17) is 9.47 Å². The first-order chi connectivity index (χ1) is 21.4. The van der Waals surface area contributed by atoms with E-state index in [9.17, 15) is 19.5 Å². The Labute approximate surface area is 250 Å². The fourth-order valence-corrected chi connectivity index (χ4v) is 8.24. The van der Waals surface area contributed by atoms with Gasteiger partial charge in [-0.15, -0.1) is 0 Å². The van der Waals surface area contributed by atoms with Gasteiger partial charge in [-0.05, 0) is 36.2 Å². The van der Waals surface area contributed by atoms with Crippen molar-refractivity contribution in [1.29, 1.82) is 0 Å². The number of carbonyl (C=O) groups is 3. The normalized spacial score (nSPS) is 22.1. The van der Waals surface area contributed by atoms with Crippen LogP contribution in [0, 0.1) is 0 Å². The largest absolute Gasteiger partial charge is 0.497 e. The number of para-hydroxylation sites is 2. The molecule has 4 aromatic carbocycles. The lowest BCUT2D eigenvalue weighted by atomic mass is 9.95. The first-order valence-electron chi connectivity index (χ1n) is 14.7. The number of nitrogens with zero attached hydrogens (tertiary/aromatic N) is 3. The molecule has 2 amide bonds. The highest BCUT2D eigenvalue weighted by Gasteiger charge is 2.57. The Morgan fingerprint density at radius 3 is 2.00 bits per heavy atom. The zero-order chi connectivity index (χ0) is 30.1. The molecule has 9 nitrogen and oxygen atoms in total. The third kappa shape index (κ3) is 2.90. The Balaban J connectivity index is 1.42. The van der Waals surface area contributed by atoms with Crippen molar-refractivity contribution in [2.75, 3.05) is 14.2 Å². The molecule has 2 aliphatic heterocycles. The SMILES string of the molecule is COC(=O)[C@]1(O)CC2CC1n1c3ccccc3c3c4c(c5c6ccccc6n2c5c31)C(=O)N(Cc1ccc(OC)cc1)C4=O. The van der Waals surface area contributed by atoms with E-state index in [1.54, 1.807) is 7.11 Å². The van der Waals surface area contributed by atoms with Crippen LogP contribution in [-0.4, -0.2) is 56.7 Å². The van der Waals surface area contributed by atoms with Crippen molar-refractivity contribution in [2.45, 2.75) is 37.1 Å². The minimum atomic E-state index is -1.78. The maximum Gasteiger partial charge on any atom is 0.340 e. The summed E-state index contributed by atoms with van der Waals surface area (Å²) in [5.41, 5.74) is 3.08. The fourth-order valence-electron chi connectivity index (χ4n) is 8.24. The smallest absolute Gasteiger partial charge is 0.340 e. The van der Waals surface area contributed by atoms with Crippen molar-refractivity contribution < 1.29 is 29.0 Å². The molecule has 0 radical (unpaired) electrons. The number of benzene rings is 4. The Hall–Kier alpha value is -5.15. The molecule has 1 N–H and O–H groups in total. The molecule has 6 aromatic rings. The number of hydrogen-bond acceptors (Lipinski definition) is 6. The van der Waals surface area contributed by atoms with Crippen molar-refractivity contribution in [3.05, 3.63) is 89.5 Å². The van der Waals surface area contributed by atoms with E-state index in [0.717, 1.165) is 43.8 Å². The molecule has 0 spiro atoms. The molecule has 1 fully saturated rings. The Morgan fingerprint density at radius 1 is 0.841 bits per heavy atom. The van der Waals surface area contributed by atoms with Gasteiger partial charge < -0.3 is 23.7 Å². The van der Waals surface area contributed by atoms with Crippen LogP contribution in [0.25, 0.3) is 43.6 Å². The van der Waals surface area contributed by atoms with E-state index < -0.39 is 17.6 Å². The summed E-state index contributed by atoms with van der Waals surface area (Å²) in [4.78, 5) is 43.5. The number of amides is 2. The predicted octanol–water partition coefficient (Wildman–Crippen LogP) is 5.50. The third-order valence-electron chi connectivity index (χ3n) is 10.0. The minimum absolute atomic E-state index is 0.115. The first kappa shape index (κ1) is 25.4. The molecule has 44 heavy (non-hydrogen) atoms. The molecule has 2 bridgehead atoms. The van der Waals surface area contributed by atoms with Gasteiger partial charge in [-0.25, -0.2) is 4.79 Å². The summed E-state index contributed by atoms with van der Waals surface area (Å²) in [5, 5.41) is 15.1. The van der Waals surface area contributed by atoms with E-state index in [2.05, 4.69) is 4.57 Å². The quantitative estimate of drug-likeness (QED) is 0.217. The Bertz CT molecular complexity index is 2280. The second-order valence-corrected chi connectivity index (χ2v) is 12.0. The maximum atomic E-state index is 14.5. The Morgan fingerprint density at radius 2 is 1.41 bits per heavy atom. The highest BCUT2D eigenvalue weighted by atomic mass is 16.5. The molecule has 3 atom stereocenters. The molecule has 2 aromatic heterocycles. The summed E-state index contributed by atoms with van der Waals surface area (Å²) in [6.45, 7) is 0.115. The fraction of sp³-hybridized carbons (Fsp3) is 0.229. The standard InChI is InChI=1S/C35H27N3O6/c1-43-20-13-11-18(12-14-20)17-36-32(39)28-26-21-7-3-5-9-23(21)37-19-15-25(35(42,16-19)34(41)44-2)38-24-10-6-4-8-22(24)27(29(28)33(36)40)31(38)30(26)37/h3-14,19,25,42H,15-17H2,1-2H3/t19?,25?,35-/m0/s1. The average molecular weight is 586 g/mol. The van der Waals surface area contributed by atoms with Gasteiger partial charge in [-0.1, -0.05) is 48.5 Å². The highest BCUT2D eigenvalue weighted by molar-refractivity contribution is 6.39. The number of rotatable bonds is 4. The summed E-state index contributed by atoms with van der Waals surface area (Å²) in [6, 6.07) is 22.1. The number of esters is 1. The molecule has 1 saturated carbocycles. The molecule has 0 saturated heterocycles. The van der Waals surface area contributed by atoms with Crippen LogP contribution in [0.4, 0.5) is 0 Å². The van der Waals surface area contributed by atoms with E-state index in [1.807, 2.05) is 77.4 Å². The monoisotopic (exact) mass is 585 g/mol. The van der Waals surface area contributed by atoms with Gasteiger partial charge in [-0.2, -0.15) is 0 Å². The van der Waals surface area contributed by atoms with Crippen LogP contribution in [0.5, 0.6) is 5.75 Å². The third-order valence-corrected chi connectivity index (χ3v) is 10.0. The second-order valence-electron chi connectivity index (χ2n) is 12.0. The number of aromatic nitrogens is 2. The van der Waals surface area contributed by atoms with Crippen LogP contribution in [0.1, 0.15) is 51.2 Å². The van der Waals surface area contributed by atoms with Crippen LogP contribution in [0.2, 0.25) is 0 Å². The topological polar surface area (TPSA) is 103 Å². The zero-order valence-corrected chi connectivity index (χ0v) is 24.0. The number of ether oxygens (including phenoxy) is 2.